The minimum atomic E-state index is -0.847. The predicted molar refractivity (Wildman–Crippen MR) is 81.2 cm³/mol. The van der Waals surface area contributed by atoms with Gasteiger partial charge in [-0.3, -0.25) is 9.48 Å². The average Bonchev–Trinajstić information content (AvgIpc) is 2.74. The summed E-state index contributed by atoms with van der Waals surface area (Å²) >= 11 is 6.18. The van der Waals surface area contributed by atoms with Crippen LogP contribution in [0.25, 0.3) is 0 Å². The third kappa shape index (κ3) is 3.44. The van der Waals surface area contributed by atoms with E-state index in [1.807, 2.05) is 6.92 Å². The molecule has 0 radical (unpaired) electrons. The molecular weight excluding hydrogens is 312 g/mol. The van der Waals surface area contributed by atoms with Crippen molar-refractivity contribution in [1.29, 1.82) is 0 Å². The van der Waals surface area contributed by atoms with E-state index in [-0.39, 0.29) is 16.4 Å². The van der Waals surface area contributed by atoms with Gasteiger partial charge < -0.3 is 5.32 Å². The Bertz CT molecular complexity index is 700. The molecule has 0 unspecified atom stereocenters. The van der Waals surface area contributed by atoms with Crippen LogP contribution in [0.3, 0.4) is 0 Å². The smallest absolute Gasteiger partial charge is 0.260 e. The molecule has 0 atom stereocenters. The fourth-order valence-electron chi connectivity index (χ4n) is 2.04. The maximum absolute atomic E-state index is 13.6. The molecule has 0 aliphatic heterocycles. The third-order valence-corrected chi connectivity index (χ3v) is 3.58. The number of rotatable bonds is 5. The van der Waals surface area contributed by atoms with Gasteiger partial charge in [0.1, 0.15) is 16.8 Å². The zero-order valence-electron chi connectivity index (χ0n) is 12.3. The zero-order chi connectivity index (χ0) is 16.3. The van der Waals surface area contributed by atoms with Crippen LogP contribution in [0.2, 0.25) is 5.15 Å². The van der Waals surface area contributed by atoms with Gasteiger partial charge >= 0.3 is 0 Å². The van der Waals surface area contributed by atoms with Crippen molar-refractivity contribution in [3.8, 4) is 0 Å². The van der Waals surface area contributed by atoms with Gasteiger partial charge in [0.05, 0.1) is 16.9 Å². The van der Waals surface area contributed by atoms with Crippen molar-refractivity contribution in [2.45, 2.75) is 33.2 Å². The molecule has 1 amide bonds. The number of carbonyl (C=O) groups excluding carboxylic acids is 1. The molecule has 1 N–H and O–H groups in total. The van der Waals surface area contributed by atoms with Crippen LogP contribution < -0.4 is 5.32 Å². The van der Waals surface area contributed by atoms with Crippen LogP contribution in [0.15, 0.2) is 18.2 Å². The second kappa shape index (κ2) is 6.87. The van der Waals surface area contributed by atoms with Gasteiger partial charge in [0, 0.05) is 12.6 Å². The van der Waals surface area contributed by atoms with E-state index in [4.69, 9.17) is 11.6 Å². The number of aromatic nitrogens is 2. The highest BCUT2D eigenvalue weighted by Crippen LogP contribution is 2.23. The van der Waals surface area contributed by atoms with E-state index in [0.29, 0.717) is 18.3 Å². The van der Waals surface area contributed by atoms with E-state index in [1.165, 1.54) is 0 Å². The topological polar surface area (TPSA) is 46.9 Å². The average molecular weight is 328 g/mol. The van der Waals surface area contributed by atoms with Gasteiger partial charge in [0.15, 0.2) is 0 Å². The SMILES string of the molecule is CCCCn1nc(C)c(C(=O)Nc2ccc(F)cc2F)c1Cl. The maximum atomic E-state index is 13.6. The quantitative estimate of drug-likeness (QED) is 0.895. The van der Waals surface area contributed by atoms with Gasteiger partial charge in [0.2, 0.25) is 0 Å². The van der Waals surface area contributed by atoms with Gasteiger partial charge in [-0.25, -0.2) is 8.78 Å². The van der Waals surface area contributed by atoms with Crippen molar-refractivity contribution in [2.75, 3.05) is 5.32 Å². The molecule has 1 heterocycles. The normalized spacial score (nSPS) is 10.8. The van der Waals surface area contributed by atoms with Crippen LogP contribution in [-0.2, 0) is 6.54 Å². The van der Waals surface area contributed by atoms with Gasteiger partial charge in [-0.2, -0.15) is 5.10 Å². The van der Waals surface area contributed by atoms with Crippen molar-refractivity contribution in [3.63, 3.8) is 0 Å². The number of hydrogen-bond acceptors (Lipinski definition) is 2. The van der Waals surface area contributed by atoms with Crippen LogP contribution in [-0.4, -0.2) is 15.7 Å². The van der Waals surface area contributed by atoms with E-state index < -0.39 is 17.5 Å². The highest BCUT2D eigenvalue weighted by Gasteiger charge is 2.21. The Morgan fingerprint density at radius 2 is 2.14 bits per heavy atom. The molecule has 2 rings (SSSR count). The lowest BCUT2D eigenvalue weighted by molar-refractivity contribution is 0.102. The number of nitrogens with one attached hydrogen (secondary N) is 1. The van der Waals surface area contributed by atoms with Crippen molar-refractivity contribution in [1.82, 2.24) is 9.78 Å². The molecule has 0 aliphatic carbocycles. The Labute approximate surface area is 132 Å². The van der Waals surface area contributed by atoms with Crippen LogP contribution in [0.1, 0.15) is 35.8 Å². The van der Waals surface area contributed by atoms with Gasteiger partial charge in [0.25, 0.3) is 5.91 Å². The molecule has 1 aromatic heterocycles. The Hall–Kier alpha value is -1.95. The minimum absolute atomic E-state index is 0.108. The highest BCUT2D eigenvalue weighted by molar-refractivity contribution is 6.33. The fourth-order valence-corrected chi connectivity index (χ4v) is 2.39. The van der Waals surface area contributed by atoms with Crippen LogP contribution in [0.5, 0.6) is 0 Å². The number of aryl methyl sites for hydroxylation is 2. The predicted octanol–water partition coefficient (Wildman–Crippen LogP) is 4.18. The molecule has 22 heavy (non-hydrogen) atoms. The van der Waals surface area contributed by atoms with Gasteiger partial charge in [-0.1, -0.05) is 24.9 Å². The molecule has 0 saturated heterocycles. The number of amides is 1. The maximum Gasteiger partial charge on any atom is 0.260 e. The first kappa shape index (κ1) is 16.4. The first-order valence-electron chi connectivity index (χ1n) is 6.93. The number of hydrogen-bond donors (Lipinski definition) is 1. The summed E-state index contributed by atoms with van der Waals surface area (Å²) in [5, 5.41) is 6.82. The summed E-state index contributed by atoms with van der Waals surface area (Å²) in [6, 6.07) is 2.93. The summed E-state index contributed by atoms with van der Waals surface area (Å²) in [4.78, 5) is 12.3. The number of benzene rings is 1. The summed E-state index contributed by atoms with van der Waals surface area (Å²) < 4.78 is 28.0. The van der Waals surface area contributed by atoms with E-state index >= 15 is 0 Å². The molecule has 0 spiro atoms. The summed E-state index contributed by atoms with van der Waals surface area (Å²) in [6.07, 6.45) is 1.85. The van der Waals surface area contributed by atoms with Crippen LogP contribution >= 0.6 is 11.6 Å². The van der Waals surface area contributed by atoms with E-state index in [0.717, 1.165) is 25.0 Å². The van der Waals surface area contributed by atoms with Crippen LogP contribution in [0, 0.1) is 18.6 Å². The fraction of sp³-hybridized carbons (Fsp3) is 0.333. The summed E-state index contributed by atoms with van der Waals surface area (Å²) in [5.41, 5.74) is 0.547. The third-order valence-electron chi connectivity index (χ3n) is 3.20. The molecule has 0 saturated carbocycles. The molecule has 1 aromatic carbocycles. The van der Waals surface area contributed by atoms with Crippen molar-refractivity contribution >= 4 is 23.2 Å². The van der Waals surface area contributed by atoms with Crippen LogP contribution in [0.4, 0.5) is 14.5 Å². The Morgan fingerprint density at radius 1 is 1.41 bits per heavy atom. The van der Waals surface area contributed by atoms with E-state index in [9.17, 15) is 13.6 Å². The second-order valence-electron chi connectivity index (χ2n) is 4.91. The second-order valence-corrected chi connectivity index (χ2v) is 5.26. The molecule has 0 bridgehead atoms. The monoisotopic (exact) mass is 327 g/mol. The largest absolute Gasteiger partial charge is 0.319 e. The van der Waals surface area contributed by atoms with Gasteiger partial charge in [-0.05, 0) is 25.5 Å². The lowest BCUT2D eigenvalue weighted by Gasteiger charge is -2.06. The van der Waals surface area contributed by atoms with Crippen molar-refractivity contribution < 1.29 is 13.6 Å². The summed E-state index contributed by atoms with van der Waals surface area (Å²) in [6.45, 7) is 4.30. The Kier molecular flexibility index (Phi) is 5.13. The highest BCUT2D eigenvalue weighted by atomic mass is 35.5. The van der Waals surface area contributed by atoms with Crippen molar-refractivity contribution in [3.05, 3.63) is 46.2 Å². The molecule has 4 nitrogen and oxygen atoms in total. The Morgan fingerprint density at radius 3 is 2.77 bits per heavy atom. The lowest BCUT2D eigenvalue weighted by Crippen LogP contribution is -2.14. The first-order chi connectivity index (χ1) is 10.4. The van der Waals surface area contributed by atoms with Gasteiger partial charge in [-0.15, -0.1) is 0 Å². The van der Waals surface area contributed by atoms with Crippen molar-refractivity contribution in [2.24, 2.45) is 0 Å². The molecule has 0 fully saturated rings. The number of nitrogens with zero attached hydrogens (tertiary/aromatic N) is 2. The molecule has 118 valence electrons. The summed E-state index contributed by atoms with van der Waals surface area (Å²) in [5.74, 6) is -2.13. The van der Waals surface area contributed by atoms with E-state index in [2.05, 4.69) is 10.4 Å². The van der Waals surface area contributed by atoms with E-state index in [1.54, 1.807) is 11.6 Å². The molecule has 0 aliphatic rings. The molecule has 2 aromatic rings. The standard InChI is InChI=1S/C15H16ClF2N3O/c1-3-4-7-21-14(16)13(9(2)20-21)15(22)19-12-6-5-10(17)8-11(12)18/h5-6,8H,3-4,7H2,1-2H3,(H,19,22). The minimum Gasteiger partial charge on any atom is -0.319 e. The number of carbonyl (C=O) groups is 1. The number of halogens is 3. The number of anilines is 1. The molecule has 7 heteroatoms. The first-order valence-corrected chi connectivity index (χ1v) is 7.31. The lowest BCUT2D eigenvalue weighted by atomic mass is 10.2. The zero-order valence-corrected chi connectivity index (χ0v) is 13.0. The number of unbranched alkanes of at least 4 members (excludes halogenated alkanes) is 1. The molecular formula is C15H16ClF2N3O. The summed E-state index contributed by atoms with van der Waals surface area (Å²) in [7, 11) is 0. The Balaban J connectivity index is 2.24.